The van der Waals surface area contributed by atoms with Crippen LogP contribution in [0.15, 0.2) is 78.6 Å². The first-order chi connectivity index (χ1) is 20.5. The van der Waals surface area contributed by atoms with Gasteiger partial charge in [-0.3, -0.25) is 9.36 Å². The Hall–Kier alpha value is -4.83. The van der Waals surface area contributed by atoms with E-state index in [1.807, 2.05) is 24.3 Å². The van der Waals surface area contributed by atoms with Crippen LogP contribution in [0.25, 0.3) is 28.2 Å². The number of aliphatic imine (C=N–C) groups is 1. The van der Waals surface area contributed by atoms with E-state index in [2.05, 4.69) is 39.3 Å². The van der Waals surface area contributed by atoms with Crippen molar-refractivity contribution in [2.24, 2.45) is 16.5 Å². The zero-order valence-corrected chi connectivity index (χ0v) is 23.7. The zero-order valence-electron chi connectivity index (χ0n) is 23.7. The van der Waals surface area contributed by atoms with E-state index in [-0.39, 0.29) is 11.9 Å². The number of benzene rings is 1. The molecule has 6 rings (SSSR count). The number of hydrogen-bond donors (Lipinski definition) is 3. The summed E-state index contributed by atoms with van der Waals surface area (Å²) in [6.07, 6.45) is 14.3. The third-order valence-corrected chi connectivity index (χ3v) is 7.59. The Kier molecular flexibility index (Phi) is 9.03. The minimum absolute atomic E-state index is 0.0249. The number of hydrogen-bond acceptors (Lipinski definition) is 8. The molecule has 1 fully saturated rings. The van der Waals surface area contributed by atoms with Gasteiger partial charge in [0.2, 0.25) is 5.91 Å². The Morgan fingerprint density at radius 1 is 1.05 bits per heavy atom. The third kappa shape index (κ3) is 6.39. The van der Waals surface area contributed by atoms with Crippen molar-refractivity contribution in [1.29, 1.82) is 0 Å². The standard InChI is InChI=1S/C24H23N7.C8H14N2O/c25-12-4-14-27-21-11-10-20-24(30-21)31(23(29-20)19-7-3-13-28-22(19)26)18-9-8-16-5-1-2-6-17(16)15-18;1-2-8(11)10-5-3-7(9)4-6-10/h3-4,7-15H,1-2,5-6,25H2,(H2,26,28);2,7H,1,3-6,9H2/b12-4-,27-14?;. The van der Waals surface area contributed by atoms with Crippen LogP contribution in [-0.2, 0) is 17.6 Å². The quantitative estimate of drug-likeness (QED) is 0.242. The second-order valence-corrected chi connectivity index (χ2v) is 10.4. The molecule has 1 saturated heterocycles. The molecule has 42 heavy (non-hydrogen) atoms. The summed E-state index contributed by atoms with van der Waals surface area (Å²) in [4.78, 5) is 31.1. The van der Waals surface area contributed by atoms with E-state index >= 15 is 0 Å². The summed E-state index contributed by atoms with van der Waals surface area (Å²) in [7, 11) is 0. The normalized spacial score (nSPS) is 15.5. The molecule has 0 bridgehead atoms. The number of rotatable bonds is 5. The van der Waals surface area contributed by atoms with Crippen molar-refractivity contribution in [3.8, 4) is 17.1 Å². The molecular formula is C32H37N9O. The average molecular weight is 564 g/mol. The number of nitrogen functional groups attached to an aromatic ring is 1. The van der Waals surface area contributed by atoms with E-state index in [4.69, 9.17) is 27.2 Å². The molecule has 0 atom stereocenters. The molecule has 1 aromatic carbocycles. The van der Waals surface area contributed by atoms with Gasteiger partial charge in [0.15, 0.2) is 17.3 Å². The number of carbonyl (C=O) groups is 1. The van der Waals surface area contributed by atoms with Crippen LogP contribution in [0.4, 0.5) is 11.6 Å². The summed E-state index contributed by atoms with van der Waals surface area (Å²) in [5, 5.41) is 0. The fourth-order valence-corrected chi connectivity index (χ4v) is 5.33. The van der Waals surface area contributed by atoms with E-state index in [0.717, 1.165) is 61.2 Å². The third-order valence-electron chi connectivity index (χ3n) is 7.59. The summed E-state index contributed by atoms with van der Waals surface area (Å²) in [5.41, 5.74) is 23.4. The van der Waals surface area contributed by atoms with Crippen molar-refractivity contribution in [2.75, 3.05) is 18.8 Å². The van der Waals surface area contributed by atoms with Crippen molar-refractivity contribution in [3.05, 3.63) is 84.7 Å². The molecule has 1 aliphatic heterocycles. The predicted molar refractivity (Wildman–Crippen MR) is 169 cm³/mol. The summed E-state index contributed by atoms with van der Waals surface area (Å²) < 4.78 is 2.05. The summed E-state index contributed by atoms with van der Waals surface area (Å²) >= 11 is 0. The smallest absolute Gasteiger partial charge is 0.245 e. The van der Waals surface area contributed by atoms with Gasteiger partial charge >= 0.3 is 0 Å². The first-order valence-corrected chi connectivity index (χ1v) is 14.3. The molecule has 0 unspecified atom stereocenters. The van der Waals surface area contributed by atoms with Crippen LogP contribution in [-0.4, -0.2) is 55.7 Å². The van der Waals surface area contributed by atoms with Gasteiger partial charge in [-0.05, 0) is 104 Å². The van der Waals surface area contributed by atoms with Crippen LogP contribution in [0.1, 0.15) is 36.8 Å². The number of amides is 1. The molecule has 10 heteroatoms. The molecule has 3 aromatic heterocycles. The number of nitrogens with zero attached hydrogens (tertiary/aromatic N) is 6. The van der Waals surface area contributed by atoms with Gasteiger partial charge in [0.25, 0.3) is 0 Å². The molecule has 0 radical (unpaired) electrons. The Bertz CT molecular complexity index is 1630. The molecule has 4 aromatic rings. The van der Waals surface area contributed by atoms with Gasteiger partial charge in [0.1, 0.15) is 11.3 Å². The molecule has 1 aliphatic carbocycles. The fourth-order valence-electron chi connectivity index (χ4n) is 5.33. The number of fused-ring (bicyclic) bond motifs is 2. The molecular weight excluding hydrogens is 526 g/mol. The zero-order chi connectivity index (χ0) is 29.5. The Morgan fingerprint density at radius 3 is 2.57 bits per heavy atom. The second kappa shape index (κ2) is 13.2. The van der Waals surface area contributed by atoms with E-state index in [9.17, 15) is 4.79 Å². The Morgan fingerprint density at radius 2 is 1.83 bits per heavy atom. The highest BCUT2D eigenvalue weighted by atomic mass is 16.2. The van der Waals surface area contributed by atoms with Crippen LogP contribution in [0, 0.1) is 0 Å². The van der Waals surface area contributed by atoms with Crippen molar-refractivity contribution in [1.82, 2.24) is 24.4 Å². The fraction of sp³-hybridized carbons (Fsp3) is 0.281. The van der Waals surface area contributed by atoms with Gasteiger partial charge in [0, 0.05) is 37.2 Å². The summed E-state index contributed by atoms with van der Waals surface area (Å²) in [5.74, 6) is 1.75. The molecule has 0 spiro atoms. The first-order valence-electron chi connectivity index (χ1n) is 14.3. The number of aromatic nitrogens is 4. The maximum absolute atomic E-state index is 11.0. The van der Waals surface area contributed by atoms with Gasteiger partial charge in [-0.1, -0.05) is 12.6 Å². The molecule has 4 heterocycles. The molecule has 216 valence electrons. The van der Waals surface area contributed by atoms with Gasteiger partial charge < -0.3 is 22.1 Å². The topological polar surface area (TPSA) is 154 Å². The lowest BCUT2D eigenvalue weighted by atomic mass is 9.91. The van der Waals surface area contributed by atoms with E-state index in [1.54, 1.807) is 23.4 Å². The van der Waals surface area contributed by atoms with Crippen LogP contribution in [0.2, 0.25) is 0 Å². The highest BCUT2D eigenvalue weighted by Gasteiger charge is 2.20. The number of aryl methyl sites for hydroxylation is 2. The van der Waals surface area contributed by atoms with E-state index in [0.29, 0.717) is 17.5 Å². The number of anilines is 1. The first kappa shape index (κ1) is 28.7. The number of piperidine rings is 1. The largest absolute Gasteiger partial charge is 0.405 e. The summed E-state index contributed by atoms with van der Waals surface area (Å²) in [6, 6.07) is 14.4. The number of carbonyl (C=O) groups excluding carboxylic acids is 1. The number of nitrogens with two attached hydrogens (primary N) is 3. The maximum atomic E-state index is 11.0. The lowest BCUT2D eigenvalue weighted by Gasteiger charge is -2.29. The van der Waals surface area contributed by atoms with E-state index < -0.39 is 0 Å². The highest BCUT2D eigenvalue weighted by molar-refractivity contribution is 5.87. The van der Waals surface area contributed by atoms with Crippen LogP contribution in [0.5, 0.6) is 0 Å². The van der Waals surface area contributed by atoms with Gasteiger partial charge in [-0.15, -0.1) is 0 Å². The van der Waals surface area contributed by atoms with E-state index in [1.165, 1.54) is 36.2 Å². The van der Waals surface area contributed by atoms with Gasteiger partial charge in [0.05, 0.1) is 5.56 Å². The lowest BCUT2D eigenvalue weighted by Crippen LogP contribution is -2.42. The minimum atomic E-state index is 0.0249. The Labute approximate surface area is 245 Å². The van der Waals surface area contributed by atoms with Gasteiger partial charge in [-0.25, -0.2) is 19.9 Å². The van der Waals surface area contributed by atoms with Gasteiger partial charge in [-0.2, -0.15) is 0 Å². The number of likely N-dealkylation sites (tertiary alicyclic amines) is 1. The lowest BCUT2D eigenvalue weighted by molar-refractivity contribution is -0.126. The number of pyridine rings is 2. The molecule has 10 nitrogen and oxygen atoms in total. The number of imidazole rings is 1. The maximum Gasteiger partial charge on any atom is 0.245 e. The molecule has 6 N–H and O–H groups in total. The summed E-state index contributed by atoms with van der Waals surface area (Å²) in [6.45, 7) is 5.00. The van der Waals surface area contributed by atoms with Crippen LogP contribution in [0.3, 0.4) is 0 Å². The monoisotopic (exact) mass is 563 g/mol. The van der Waals surface area contributed by atoms with Crippen LogP contribution >= 0.6 is 0 Å². The molecule has 1 amide bonds. The Balaban J connectivity index is 0.000000271. The second-order valence-electron chi connectivity index (χ2n) is 10.4. The van der Waals surface area contributed by atoms with Crippen molar-refractivity contribution >= 4 is 34.9 Å². The van der Waals surface area contributed by atoms with Crippen LogP contribution < -0.4 is 17.2 Å². The number of allylic oxidation sites excluding steroid dienone is 1. The van der Waals surface area contributed by atoms with Crippen molar-refractivity contribution in [2.45, 2.75) is 44.6 Å². The van der Waals surface area contributed by atoms with Crippen molar-refractivity contribution < 1.29 is 4.79 Å². The SMILES string of the molecule is C=CC(=O)N1CCC(N)CC1.N/C=C\C=Nc1ccc2nc(-c3cccnc3N)n(-c3ccc4c(c3)CCCC4)c2n1. The molecule has 0 saturated carbocycles. The highest BCUT2D eigenvalue weighted by Crippen LogP contribution is 2.33. The minimum Gasteiger partial charge on any atom is -0.405 e. The van der Waals surface area contributed by atoms with Crippen molar-refractivity contribution in [3.63, 3.8) is 0 Å². The average Bonchev–Trinajstić information content (AvgIpc) is 3.40. The predicted octanol–water partition coefficient (Wildman–Crippen LogP) is 4.24. The molecule has 2 aliphatic rings.